The number of amides is 1. The molecule has 1 amide bonds. The van der Waals surface area contributed by atoms with Gasteiger partial charge in [-0.1, -0.05) is 13.3 Å². The van der Waals surface area contributed by atoms with E-state index in [9.17, 15) is 4.79 Å². The summed E-state index contributed by atoms with van der Waals surface area (Å²) in [4.78, 5) is 12.5. The van der Waals surface area contributed by atoms with E-state index in [0.29, 0.717) is 22.8 Å². The fraction of sp³-hybridized carbons (Fsp3) is 0.333. The second kappa shape index (κ2) is 7.08. The summed E-state index contributed by atoms with van der Waals surface area (Å²) in [6, 6.07) is 7.44. The lowest BCUT2D eigenvalue weighted by atomic mass is 10.1. The summed E-state index contributed by atoms with van der Waals surface area (Å²) in [6.07, 6.45) is 1.99. The first kappa shape index (κ1) is 15.3. The number of carbonyl (C=O) groups excluding carboxylic acids is 1. The van der Waals surface area contributed by atoms with E-state index in [1.807, 2.05) is 24.3 Å². The Kier molecular flexibility index (Phi) is 5.16. The fourth-order valence-corrected chi connectivity index (χ4v) is 2.61. The molecule has 112 valence electrons. The highest BCUT2D eigenvalue weighted by Crippen LogP contribution is 2.31. The Hall–Kier alpha value is -2.08. The second-order valence-corrected chi connectivity index (χ2v) is 5.39. The van der Waals surface area contributed by atoms with Crippen molar-refractivity contribution < 1.29 is 9.53 Å². The SMILES string of the molecule is CCCCNC(=O)c1snc(-c2ccc(OC)cc2)c1N. The first-order chi connectivity index (χ1) is 10.2. The van der Waals surface area contributed by atoms with Crippen LogP contribution in [-0.2, 0) is 0 Å². The number of hydrogen-bond acceptors (Lipinski definition) is 5. The molecule has 0 spiro atoms. The van der Waals surface area contributed by atoms with Gasteiger partial charge in [0.2, 0.25) is 0 Å². The molecule has 0 aliphatic heterocycles. The summed E-state index contributed by atoms with van der Waals surface area (Å²) >= 11 is 1.13. The fourth-order valence-electron chi connectivity index (χ4n) is 1.88. The van der Waals surface area contributed by atoms with Crippen molar-refractivity contribution >= 4 is 23.1 Å². The van der Waals surface area contributed by atoms with Crippen LogP contribution in [0.4, 0.5) is 5.69 Å². The van der Waals surface area contributed by atoms with E-state index >= 15 is 0 Å². The lowest BCUT2D eigenvalue weighted by molar-refractivity contribution is 0.0958. The predicted octanol–water partition coefficient (Wildman–Crippen LogP) is 2.93. The van der Waals surface area contributed by atoms with Crippen molar-refractivity contribution in [3.8, 4) is 17.0 Å². The number of unbranched alkanes of at least 4 members (excludes halogenated alkanes) is 1. The molecule has 0 fully saturated rings. The Morgan fingerprint density at radius 1 is 1.38 bits per heavy atom. The Morgan fingerprint density at radius 2 is 2.10 bits per heavy atom. The van der Waals surface area contributed by atoms with Gasteiger partial charge in [-0.3, -0.25) is 4.79 Å². The predicted molar refractivity (Wildman–Crippen MR) is 85.8 cm³/mol. The quantitative estimate of drug-likeness (QED) is 0.804. The Morgan fingerprint density at radius 3 is 2.71 bits per heavy atom. The number of nitrogens with two attached hydrogens (primary N) is 1. The molecule has 0 aliphatic rings. The third-order valence-electron chi connectivity index (χ3n) is 3.11. The largest absolute Gasteiger partial charge is 0.497 e. The van der Waals surface area contributed by atoms with Crippen LogP contribution in [0.5, 0.6) is 5.75 Å². The van der Waals surface area contributed by atoms with Crippen LogP contribution < -0.4 is 15.8 Å². The minimum absolute atomic E-state index is 0.154. The van der Waals surface area contributed by atoms with Crippen molar-refractivity contribution in [3.63, 3.8) is 0 Å². The number of anilines is 1. The average molecular weight is 305 g/mol. The van der Waals surface area contributed by atoms with Crippen molar-refractivity contribution in [2.75, 3.05) is 19.4 Å². The first-order valence-electron chi connectivity index (χ1n) is 6.85. The third-order valence-corrected chi connectivity index (χ3v) is 3.98. The monoisotopic (exact) mass is 305 g/mol. The number of rotatable bonds is 6. The van der Waals surface area contributed by atoms with Crippen LogP contribution in [0.2, 0.25) is 0 Å². The number of ether oxygens (including phenoxy) is 1. The molecule has 2 aromatic rings. The van der Waals surface area contributed by atoms with E-state index in [4.69, 9.17) is 10.5 Å². The van der Waals surface area contributed by atoms with Crippen LogP contribution in [0.15, 0.2) is 24.3 Å². The van der Waals surface area contributed by atoms with Crippen LogP contribution in [0, 0.1) is 0 Å². The van der Waals surface area contributed by atoms with Crippen molar-refractivity contribution in [2.24, 2.45) is 0 Å². The molecule has 1 aromatic heterocycles. The van der Waals surface area contributed by atoms with E-state index in [-0.39, 0.29) is 5.91 Å². The van der Waals surface area contributed by atoms with Crippen molar-refractivity contribution in [1.82, 2.24) is 9.69 Å². The zero-order valence-electron chi connectivity index (χ0n) is 12.2. The smallest absolute Gasteiger partial charge is 0.265 e. The topological polar surface area (TPSA) is 77.2 Å². The van der Waals surface area contributed by atoms with Gasteiger partial charge >= 0.3 is 0 Å². The molecule has 0 saturated carbocycles. The Bertz CT molecular complexity index is 608. The maximum absolute atomic E-state index is 12.0. The molecule has 0 radical (unpaired) electrons. The molecule has 21 heavy (non-hydrogen) atoms. The number of nitrogen functional groups attached to an aromatic ring is 1. The number of nitrogens with one attached hydrogen (secondary N) is 1. The lowest BCUT2D eigenvalue weighted by Crippen LogP contribution is -2.24. The van der Waals surface area contributed by atoms with Gasteiger partial charge in [-0.05, 0) is 42.2 Å². The number of methoxy groups -OCH3 is 1. The minimum atomic E-state index is -0.154. The van der Waals surface area contributed by atoms with Crippen LogP contribution in [-0.4, -0.2) is 23.9 Å². The van der Waals surface area contributed by atoms with Gasteiger partial charge in [-0.2, -0.15) is 4.37 Å². The summed E-state index contributed by atoms with van der Waals surface area (Å²) in [5.41, 5.74) is 8.01. The summed E-state index contributed by atoms with van der Waals surface area (Å²) in [6.45, 7) is 2.74. The highest BCUT2D eigenvalue weighted by Gasteiger charge is 2.18. The zero-order chi connectivity index (χ0) is 15.2. The molecular formula is C15H19N3O2S. The standard InChI is InChI=1S/C15H19N3O2S/c1-3-4-9-17-15(19)14-12(16)13(18-21-14)10-5-7-11(20-2)8-6-10/h5-8H,3-4,9,16H2,1-2H3,(H,17,19). The third kappa shape index (κ3) is 3.52. The van der Waals surface area contributed by atoms with Crippen LogP contribution in [0.25, 0.3) is 11.3 Å². The molecule has 5 nitrogen and oxygen atoms in total. The Balaban J connectivity index is 2.17. The maximum Gasteiger partial charge on any atom is 0.265 e. The van der Waals surface area contributed by atoms with E-state index in [2.05, 4.69) is 16.6 Å². The maximum atomic E-state index is 12.0. The summed E-state index contributed by atoms with van der Waals surface area (Å²) < 4.78 is 9.43. The van der Waals surface area contributed by atoms with Crippen molar-refractivity contribution in [2.45, 2.75) is 19.8 Å². The molecule has 6 heteroatoms. The molecule has 0 bridgehead atoms. The van der Waals surface area contributed by atoms with Gasteiger partial charge in [0.15, 0.2) is 0 Å². The van der Waals surface area contributed by atoms with E-state index in [1.54, 1.807) is 7.11 Å². The van der Waals surface area contributed by atoms with Gasteiger partial charge in [0.05, 0.1) is 12.8 Å². The van der Waals surface area contributed by atoms with Gasteiger partial charge < -0.3 is 15.8 Å². The van der Waals surface area contributed by atoms with Crippen molar-refractivity contribution in [1.29, 1.82) is 0 Å². The summed E-state index contributed by atoms with van der Waals surface area (Å²) in [5.74, 6) is 0.614. The summed E-state index contributed by atoms with van der Waals surface area (Å²) in [5, 5.41) is 2.86. The highest BCUT2D eigenvalue weighted by atomic mass is 32.1. The molecular weight excluding hydrogens is 286 g/mol. The Labute approximate surface area is 128 Å². The van der Waals surface area contributed by atoms with Gasteiger partial charge in [-0.25, -0.2) is 0 Å². The summed E-state index contributed by atoms with van der Waals surface area (Å²) in [7, 11) is 1.62. The van der Waals surface area contributed by atoms with E-state index in [1.165, 1.54) is 0 Å². The second-order valence-electron chi connectivity index (χ2n) is 4.61. The van der Waals surface area contributed by atoms with Gasteiger partial charge in [0.25, 0.3) is 5.91 Å². The van der Waals surface area contributed by atoms with Crippen LogP contribution >= 0.6 is 11.5 Å². The normalized spacial score (nSPS) is 10.4. The number of carbonyl (C=O) groups is 1. The van der Waals surface area contributed by atoms with Gasteiger partial charge in [0, 0.05) is 12.1 Å². The average Bonchev–Trinajstić information content (AvgIpc) is 2.89. The molecule has 0 aliphatic carbocycles. The number of benzene rings is 1. The van der Waals surface area contributed by atoms with Crippen molar-refractivity contribution in [3.05, 3.63) is 29.1 Å². The van der Waals surface area contributed by atoms with Gasteiger partial charge in [0.1, 0.15) is 16.3 Å². The molecule has 1 aromatic carbocycles. The molecule has 0 saturated heterocycles. The van der Waals surface area contributed by atoms with Gasteiger partial charge in [-0.15, -0.1) is 0 Å². The van der Waals surface area contributed by atoms with Crippen LogP contribution in [0.3, 0.4) is 0 Å². The molecule has 0 atom stereocenters. The van der Waals surface area contributed by atoms with Crippen LogP contribution in [0.1, 0.15) is 29.4 Å². The minimum Gasteiger partial charge on any atom is -0.497 e. The zero-order valence-corrected chi connectivity index (χ0v) is 13.0. The van der Waals surface area contributed by atoms with E-state index < -0.39 is 0 Å². The molecule has 0 unspecified atom stereocenters. The highest BCUT2D eigenvalue weighted by molar-refractivity contribution is 7.09. The molecule has 3 N–H and O–H groups in total. The first-order valence-corrected chi connectivity index (χ1v) is 7.62. The number of hydrogen-bond donors (Lipinski definition) is 2. The molecule has 2 rings (SSSR count). The van der Waals surface area contributed by atoms with E-state index in [0.717, 1.165) is 35.7 Å². The molecule has 1 heterocycles. The lowest BCUT2D eigenvalue weighted by Gasteiger charge is -2.04. The number of aromatic nitrogens is 1. The number of nitrogens with zero attached hydrogens (tertiary/aromatic N) is 1.